The van der Waals surface area contributed by atoms with Crippen LogP contribution in [0.25, 0.3) is 11.1 Å². The van der Waals surface area contributed by atoms with Crippen molar-refractivity contribution in [3.63, 3.8) is 0 Å². The number of likely N-dealkylation sites (N-methyl/N-ethyl adjacent to an activating group) is 1. The lowest BCUT2D eigenvalue weighted by molar-refractivity contribution is -0.139. The third-order valence-electron chi connectivity index (χ3n) is 10.2. The Hall–Kier alpha value is -3.77. The second-order valence-electron chi connectivity index (χ2n) is 12.9. The van der Waals surface area contributed by atoms with E-state index in [0.717, 1.165) is 53.8 Å². The molecule has 4 atom stereocenters. The van der Waals surface area contributed by atoms with E-state index < -0.39 is 5.60 Å². The molecule has 3 aromatic rings. The smallest absolute Gasteiger partial charge is 0.255 e. The van der Waals surface area contributed by atoms with Crippen LogP contribution < -0.4 is 10.1 Å². The molecule has 0 bridgehead atoms. The van der Waals surface area contributed by atoms with Crippen LogP contribution in [-0.4, -0.2) is 54.7 Å². The monoisotopic (exact) mass is 562 g/mol. The maximum atomic E-state index is 13.5. The van der Waals surface area contributed by atoms with Gasteiger partial charge < -0.3 is 15.0 Å². The molecule has 42 heavy (non-hydrogen) atoms. The number of benzene rings is 3. The van der Waals surface area contributed by atoms with Gasteiger partial charge in [0.15, 0.2) is 11.4 Å². The van der Waals surface area contributed by atoms with Crippen LogP contribution in [0.15, 0.2) is 60.7 Å². The van der Waals surface area contributed by atoms with Crippen LogP contribution >= 0.6 is 0 Å². The van der Waals surface area contributed by atoms with Crippen LogP contribution in [0.3, 0.4) is 0 Å². The molecular weight excluding hydrogens is 524 g/mol. The molecule has 0 aromatic heterocycles. The van der Waals surface area contributed by atoms with Gasteiger partial charge in [-0.1, -0.05) is 54.6 Å². The number of carbonyl (C=O) groups excluding carboxylic acids is 3. The lowest BCUT2D eigenvalue weighted by atomic mass is 9.60. The zero-order valence-electron chi connectivity index (χ0n) is 24.4. The predicted molar refractivity (Wildman–Crippen MR) is 162 cm³/mol. The van der Waals surface area contributed by atoms with Gasteiger partial charge in [0, 0.05) is 42.6 Å². The van der Waals surface area contributed by atoms with Gasteiger partial charge in [0.2, 0.25) is 0 Å². The fraction of sp³-hybridized carbons (Fsp3) is 0.417. The first-order valence-corrected chi connectivity index (χ1v) is 15.4. The summed E-state index contributed by atoms with van der Waals surface area (Å²) in [5.41, 5.74) is 5.91. The minimum atomic E-state index is -0.898. The topological polar surface area (TPSA) is 75.7 Å². The van der Waals surface area contributed by atoms with Gasteiger partial charge in [-0.15, -0.1) is 0 Å². The summed E-state index contributed by atoms with van der Waals surface area (Å²) in [6.07, 6.45) is 6.57. The molecule has 4 aliphatic rings. The molecule has 0 saturated heterocycles. The fourth-order valence-electron chi connectivity index (χ4n) is 7.72. The fourth-order valence-corrected chi connectivity index (χ4v) is 7.72. The van der Waals surface area contributed by atoms with Gasteiger partial charge in [-0.05, 0) is 86.2 Å². The summed E-state index contributed by atoms with van der Waals surface area (Å²) in [6.45, 7) is 3.58. The summed E-state index contributed by atoms with van der Waals surface area (Å²) in [5, 5.41) is 3.10. The molecule has 2 fully saturated rings. The SMILES string of the molecule is CN(CC1CC1)[C@@H]1Cc2ccc(C(=O)NCCc3ccc(-c4ccc(C=O)cc4)cc3)c3c2C2[C@H]1CCC(=O)C2(C)O3. The van der Waals surface area contributed by atoms with Gasteiger partial charge in [0.05, 0.1) is 5.56 Å². The molecule has 3 aliphatic carbocycles. The molecule has 1 aliphatic heterocycles. The minimum Gasteiger partial charge on any atom is -0.478 e. The first kappa shape index (κ1) is 27.1. The number of hydrogen-bond donors (Lipinski definition) is 1. The zero-order chi connectivity index (χ0) is 29.0. The van der Waals surface area contributed by atoms with Crippen molar-refractivity contribution in [3.05, 3.63) is 88.5 Å². The first-order chi connectivity index (χ1) is 20.4. The van der Waals surface area contributed by atoms with E-state index in [1.165, 1.54) is 18.4 Å². The lowest BCUT2D eigenvalue weighted by Crippen LogP contribution is -2.56. The molecule has 0 radical (unpaired) electrons. The van der Waals surface area contributed by atoms with Crippen molar-refractivity contribution in [2.75, 3.05) is 20.1 Å². The van der Waals surface area contributed by atoms with Crippen LogP contribution in [0.2, 0.25) is 0 Å². The van der Waals surface area contributed by atoms with E-state index >= 15 is 0 Å². The molecule has 3 aromatic carbocycles. The third kappa shape index (κ3) is 4.66. The highest BCUT2D eigenvalue weighted by Gasteiger charge is 2.60. The number of nitrogens with one attached hydrogen (secondary N) is 1. The molecule has 6 nitrogen and oxygen atoms in total. The van der Waals surface area contributed by atoms with E-state index in [9.17, 15) is 14.4 Å². The Morgan fingerprint density at radius 3 is 2.43 bits per heavy atom. The largest absolute Gasteiger partial charge is 0.478 e. The first-order valence-electron chi connectivity index (χ1n) is 15.4. The highest BCUT2D eigenvalue weighted by molar-refractivity contribution is 5.99. The number of ketones is 1. The molecule has 2 saturated carbocycles. The maximum Gasteiger partial charge on any atom is 0.255 e. The standard InChI is InChI=1S/C36H38N2O4/c1-36-31(40)16-15-28-30(38(2)20-23-3-4-23)19-27-13-14-29(34(42-36)32(27)33(28)36)35(41)37-18-17-22-5-9-25(10-6-22)26-11-7-24(21-39)8-12-26/h5-14,21,23,28,30,33H,3-4,15-20H2,1-2H3,(H,37,41)/t28-,30+,33?,36?/m0/s1. The van der Waals surface area contributed by atoms with Gasteiger partial charge >= 0.3 is 0 Å². The van der Waals surface area contributed by atoms with Gasteiger partial charge in [0.25, 0.3) is 5.91 Å². The van der Waals surface area contributed by atoms with E-state index in [0.29, 0.717) is 48.2 Å². The summed E-state index contributed by atoms with van der Waals surface area (Å²) < 4.78 is 6.56. The number of ether oxygens (including phenoxy) is 1. The Balaban J connectivity index is 1.06. The number of carbonyl (C=O) groups is 3. The summed E-state index contributed by atoms with van der Waals surface area (Å²) in [7, 11) is 2.25. The summed E-state index contributed by atoms with van der Waals surface area (Å²) in [6, 6.07) is 20.2. The Morgan fingerprint density at radius 1 is 1.02 bits per heavy atom. The van der Waals surface area contributed by atoms with Crippen LogP contribution in [0.5, 0.6) is 5.75 Å². The normalized spacial score (nSPS) is 25.6. The third-order valence-corrected chi connectivity index (χ3v) is 10.2. The van der Waals surface area contributed by atoms with E-state index in [-0.39, 0.29) is 17.6 Å². The van der Waals surface area contributed by atoms with Crippen molar-refractivity contribution in [3.8, 4) is 16.9 Å². The second kappa shape index (κ2) is 10.5. The molecule has 1 heterocycles. The van der Waals surface area contributed by atoms with E-state index in [2.05, 4.69) is 47.6 Å². The summed E-state index contributed by atoms with van der Waals surface area (Å²) >= 11 is 0. The number of nitrogens with zero attached hydrogens (tertiary/aromatic N) is 1. The Bertz CT molecular complexity index is 1540. The van der Waals surface area contributed by atoms with Crippen molar-refractivity contribution < 1.29 is 19.1 Å². The maximum absolute atomic E-state index is 13.5. The predicted octanol–water partition coefficient (Wildman–Crippen LogP) is 5.62. The Kier molecular flexibility index (Phi) is 6.77. The quantitative estimate of drug-likeness (QED) is 0.343. The van der Waals surface area contributed by atoms with Crippen LogP contribution in [0.4, 0.5) is 0 Å². The number of Topliss-reactive ketones (excluding diaryl/α,β-unsaturated/α-hetero) is 1. The molecule has 7 rings (SSSR count). The average Bonchev–Trinajstić information content (AvgIpc) is 3.76. The molecule has 0 spiro atoms. The van der Waals surface area contributed by atoms with Crippen LogP contribution in [0, 0.1) is 11.8 Å². The van der Waals surface area contributed by atoms with Gasteiger partial charge in [-0.3, -0.25) is 14.4 Å². The Labute approximate surface area is 247 Å². The summed E-state index contributed by atoms with van der Waals surface area (Å²) in [4.78, 5) is 40.3. The average molecular weight is 563 g/mol. The van der Waals surface area contributed by atoms with Crippen LogP contribution in [0.1, 0.15) is 75.9 Å². The van der Waals surface area contributed by atoms with Crippen molar-refractivity contribution in [2.24, 2.45) is 11.8 Å². The highest BCUT2D eigenvalue weighted by atomic mass is 16.5. The van der Waals surface area contributed by atoms with Gasteiger partial charge in [-0.25, -0.2) is 0 Å². The van der Waals surface area contributed by atoms with Crippen molar-refractivity contribution in [1.82, 2.24) is 10.2 Å². The Morgan fingerprint density at radius 2 is 1.74 bits per heavy atom. The number of hydrogen-bond acceptors (Lipinski definition) is 5. The second-order valence-corrected chi connectivity index (χ2v) is 12.9. The molecule has 2 unspecified atom stereocenters. The van der Waals surface area contributed by atoms with Gasteiger partial charge in [0.1, 0.15) is 12.0 Å². The molecule has 6 heteroatoms. The summed E-state index contributed by atoms with van der Waals surface area (Å²) in [5.74, 6) is 1.81. The zero-order valence-corrected chi connectivity index (χ0v) is 24.4. The van der Waals surface area contributed by atoms with E-state index in [4.69, 9.17) is 4.74 Å². The van der Waals surface area contributed by atoms with Crippen molar-refractivity contribution >= 4 is 18.0 Å². The van der Waals surface area contributed by atoms with Crippen molar-refractivity contribution in [1.29, 1.82) is 0 Å². The highest BCUT2D eigenvalue weighted by Crippen LogP contribution is 2.59. The number of rotatable bonds is 9. The molecule has 216 valence electrons. The number of amides is 1. The molecular formula is C36H38N2O4. The lowest BCUT2D eigenvalue weighted by Gasteiger charge is -2.48. The van der Waals surface area contributed by atoms with Gasteiger partial charge in [-0.2, -0.15) is 0 Å². The molecule has 1 amide bonds. The van der Waals surface area contributed by atoms with E-state index in [1.54, 1.807) is 0 Å². The van der Waals surface area contributed by atoms with E-state index in [1.807, 2.05) is 37.3 Å². The van der Waals surface area contributed by atoms with Crippen molar-refractivity contribution in [2.45, 2.75) is 63.0 Å². The minimum absolute atomic E-state index is 0.00468. The number of aldehydes is 1. The van der Waals surface area contributed by atoms with Crippen LogP contribution in [-0.2, 0) is 17.6 Å². The molecule has 1 N–H and O–H groups in total.